The molecule has 0 aliphatic rings. The number of hydrogen-bond donors (Lipinski definition) is 1. The molecule has 0 aliphatic heterocycles. The van der Waals surface area contributed by atoms with E-state index >= 15 is 0 Å². The lowest BCUT2D eigenvalue weighted by molar-refractivity contribution is -0.274. The molecule has 2 rings (SSSR count). The van der Waals surface area contributed by atoms with Crippen LogP contribution in [0, 0.1) is 0 Å². The summed E-state index contributed by atoms with van der Waals surface area (Å²) in [5.74, 6) is -0.764. The summed E-state index contributed by atoms with van der Waals surface area (Å²) < 4.78 is 40.0. The van der Waals surface area contributed by atoms with Crippen LogP contribution in [-0.2, 0) is 17.8 Å². The summed E-state index contributed by atoms with van der Waals surface area (Å²) in [6.45, 7) is 1.57. The Kier molecular flexibility index (Phi) is 5.74. The van der Waals surface area contributed by atoms with Gasteiger partial charge in [-0.05, 0) is 36.8 Å². The minimum Gasteiger partial charge on any atom is -0.406 e. The van der Waals surface area contributed by atoms with Crippen molar-refractivity contribution in [3.05, 3.63) is 59.4 Å². The van der Waals surface area contributed by atoms with Crippen LogP contribution < -0.4 is 10.1 Å². The second-order valence-corrected chi connectivity index (χ2v) is 5.29. The summed E-state index contributed by atoms with van der Waals surface area (Å²) in [7, 11) is 0. The SMILES string of the molecule is CC(=O)Cc1cc(C(=O)NCc2ccc(OC(F)(F)F)cc2)ccn1. The van der Waals surface area contributed by atoms with Crippen molar-refractivity contribution >= 4 is 11.7 Å². The molecule has 2 aromatic rings. The first-order valence-electron chi connectivity index (χ1n) is 7.30. The maximum Gasteiger partial charge on any atom is 0.573 e. The van der Waals surface area contributed by atoms with Crippen LogP contribution in [0.5, 0.6) is 5.75 Å². The molecule has 0 spiro atoms. The highest BCUT2D eigenvalue weighted by Gasteiger charge is 2.30. The smallest absolute Gasteiger partial charge is 0.406 e. The zero-order chi connectivity index (χ0) is 18.4. The highest BCUT2D eigenvalue weighted by Crippen LogP contribution is 2.22. The highest BCUT2D eigenvalue weighted by atomic mass is 19.4. The maximum atomic E-state index is 12.1. The highest BCUT2D eigenvalue weighted by molar-refractivity contribution is 5.94. The second-order valence-electron chi connectivity index (χ2n) is 5.29. The number of pyridine rings is 1. The number of aromatic nitrogens is 1. The van der Waals surface area contributed by atoms with Gasteiger partial charge in [0.25, 0.3) is 5.91 Å². The van der Waals surface area contributed by atoms with Crippen LogP contribution in [0.2, 0.25) is 0 Å². The number of rotatable bonds is 6. The molecule has 0 unspecified atom stereocenters. The van der Waals surface area contributed by atoms with Crippen LogP contribution in [-0.4, -0.2) is 23.0 Å². The van der Waals surface area contributed by atoms with Gasteiger partial charge in [0.15, 0.2) is 0 Å². The number of nitrogens with zero attached hydrogens (tertiary/aromatic N) is 1. The number of Topliss-reactive ketones (excluding diaryl/α,β-unsaturated/α-hetero) is 1. The molecule has 1 N–H and O–H groups in total. The molecule has 0 atom stereocenters. The van der Waals surface area contributed by atoms with Gasteiger partial charge in [-0.3, -0.25) is 14.6 Å². The van der Waals surface area contributed by atoms with Gasteiger partial charge in [-0.1, -0.05) is 12.1 Å². The van der Waals surface area contributed by atoms with Crippen LogP contribution in [0.15, 0.2) is 42.6 Å². The fraction of sp³-hybridized carbons (Fsp3) is 0.235. The normalized spacial score (nSPS) is 11.0. The van der Waals surface area contributed by atoms with Crippen molar-refractivity contribution in [1.29, 1.82) is 0 Å². The number of carbonyl (C=O) groups is 2. The molecule has 132 valence electrons. The Balaban J connectivity index is 1.94. The number of benzene rings is 1. The summed E-state index contributed by atoms with van der Waals surface area (Å²) in [5.41, 5.74) is 1.46. The van der Waals surface area contributed by atoms with Gasteiger partial charge < -0.3 is 10.1 Å². The van der Waals surface area contributed by atoms with Crippen molar-refractivity contribution in [1.82, 2.24) is 10.3 Å². The Hall–Kier alpha value is -2.90. The van der Waals surface area contributed by atoms with Crippen molar-refractivity contribution < 1.29 is 27.5 Å². The molecule has 25 heavy (non-hydrogen) atoms. The Morgan fingerprint density at radius 2 is 1.84 bits per heavy atom. The van der Waals surface area contributed by atoms with E-state index in [1.165, 1.54) is 49.5 Å². The van der Waals surface area contributed by atoms with Crippen molar-refractivity contribution in [3.63, 3.8) is 0 Å². The van der Waals surface area contributed by atoms with Gasteiger partial charge in [-0.2, -0.15) is 0 Å². The van der Waals surface area contributed by atoms with Crippen LogP contribution in [0.3, 0.4) is 0 Å². The summed E-state index contributed by atoms with van der Waals surface area (Å²) in [4.78, 5) is 27.2. The first-order valence-corrected chi connectivity index (χ1v) is 7.30. The standard InChI is InChI=1S/C17H15F3N2O3/c1-11(23)8-14-9-13(6-7-21-14)16(24)22-10-12-2-4-15(5-3-12)25-17(18,19)20/h2-7,9H,8,10H2,1H3,(H,22,24). The summed E-state index contributed by atoms with van der Waals surface area (Å²) in [6, 6.07) is 8.24. The van der Waals surface area contributed by atoms with Crippen LogP contribution in [0.1, 0.15) is 28.5 Å². The van der Waals surface area contributed by atoms with Crippen molar-refractivity contribution in [2.45, 2.75) is 26.3 Å². The van der Waals surface area contributed by atoms with E-state index in [-0.39, 0.29) is 30.4 Å². The number of carbonyl (C=O) groups excluding carboxylic acids is 2. The zero-order valence-electron chi connectivity index (χ0n) is 13.3. The number of nitrogens with one attached hydrogen (secondary N) is 1. The van der Waals surface area contributed by atoms with Gasteiger partial charge in [0.05, 0.1) is 0 Å². The van der Waals surface area contributed by atoms with E-state index in [1.807, 2.05) is 0 Å². The fourth-order valence-electron chi connectivity index (χ4n) is 2.06. The lowest BCUT2D eigenvalue weighted by Gasteiger charge is -2.10. The molecule has 0 saturated heterocycles. The van der Waals surface area contributed by atoms with Crippen LogP contribution in [0.25, 0.3) is 0 Å². The monoisotopic (exact) mass is 352 g/mol. The molecule has 1 heterocycles. The molecule has 1 aromatic carbocycles. The van der Waals surface area contributed by atoms with Crippen molar-refractivity contribution in [2.24, 2.45) is 0 Å². The lowest BCUT2D eigenvalue weighted by atomic mass is 10.1. The topological polar surface area (TPSA) is 68.3 Å². The predicted molar refractivity (Wildman–Crippen MR) is 82.9 cm³/mol. The van der Waals surface area contributed by atoms with E-state index in [2.05, 4.69) is 15.0 Å². The molecule has 8 heteroatoms. The summed E-state index contributed by atoms with van der Waals surface area (Å²) >= 11 is 0. The average molecular weight is 352 g/mol. The summed E-state index contributed by atoms with van der Waals surface area (Å²) in [6.07, 6.45) is -3.16. The molecule has 0 bridgehead atoms. The minimum atomic E-state index is -4.74. The van der Waals surface area contributed by atoms with E-state index in [9.17, 15) is 22.8 Å². The molecule has 0 fully saturated rings. The molecule has 0 radical (unpaired) electrons. The minimum absolute atomic E-state index is 0.0637. The number of alkyl halides is 3. The number of ether oxygens (including phenoxy) is 1. The number of ketones is 1. The molecule has 5 nitrogen and oxygen atoms in total. The van der Waals surface area contributed by atoms with E-state index in [1.54, 1.807) is 0 Å². The van der Waals surface area contributed by atoms with Gasteiger partial charge in [0.2, 0.25) is 0 Å². The van der Waals surface area contributed by atoms with Gasteiger partial charge in [0.1, 0.15) is 11.5 Å². The first-order chi connectivity index (χ1) is 11.7. The maximum absolute atomic E-state index is 12.1. The van der Waals surface area contributed by atoms with E-state index in [4.69, 9.17) is 0 Å². The van der Waals surface area contributed by atoms with E-state index < -0.39 is 6.36 Å². The predicted octanol–water partition coefficient (Wildman–Crippen LogP) is 3.04. The van der Waals surface area contributed by atoms with Gasteiger partial charge in [-0.15, -0.1) is 13.2 Å². The van der Waals surface area contributed by atoms with Gasteiger partial charge in [0, 0.05) is 30.4 Å². The largest absolute Gasteiger partial charge is 0.573 e. The van der Waals surface area contributed by atoms with E-state index in [0.29, 0.717) is 16.8 Å². The number of halogens is 3. The number of hydrogen-bond acceptors (Lipinski definition) is 4. The van der Waals surface area contributed by atoms with Crippen LogP contribution >= 0.6 is 0 Å². The average Bonchev–Trinajstić information content (AvgIpc) is 2.52. The molecule has 1 amide bonds. The fourth-order valence-corrected chi connectivity index (χ4v) is 2.06. The Labute approximate surface area is 141 Å². The molecular formula is C17H15F3N2O3. The Morgan fingerprint density at radius 3 is 2.44 bits per heavy atom. The molecule has 0 aliphatic carbocycles. The zero-order valence-corrected chi connectivity index (χ0v) is 13.3. The summed E-state index contributed by atoms with van der Waals surface area (Å²) in [5, 5.41) is 2.65. The first kappa shape index (κ1) is 18.4. The molecular weight excluding hydrogens is 337 g/mol. The van der Waals surface area contributed by atoms with Crippen LogP contribution in [0.4, 0.5) is 13.2 Å². The van der Waals surface area contributed by atoms with Gasteiger partial charge >= 0.3 is 6.36 Å². The van der Waals surface area contributed by atoms with E-state index in [0.717, 1.165) is 0 Å². The third kappa shape index (κ3) is 6.25. The number of amides is 1. The Bertz CT molecular complexity index is 758. The van der Waals surface area contributed by atoms with Gasteiger partial charge in [-0.25, -0.2) is 0 Å². The Morgan fingerprint density at radius 1 is 1.16 bits per heavy atom. The third-order valence-corrected chi connectivity index (χ3v) is 3.12. The molecule has 0 saturated carbocycles. The molecule has 1 aromatic heterocycles. The second kappa shape index (κ2) is 7.78. The lowest BCUT2D eigenvalue weighted by Crippen LogP contribution is -2.23. The van der Waals surface area contributed by atoms with Crippen molar-refractivity contribution in [3.8, 4) is 5.75 Å². The third-order valence-electron chi connectivity index (χ3n) is 3.12. The quantitative estimate of drug-likeness (QED) is 0.868. The van der Waals surface area contributed by atoms with Crippen molar-refractivity contribution in [2.75, 3.05) is 0 Å².